The molecule has 1 saturated heterocycles. The molecule has 0 bridgehead atoms. The van der Waals surface area contributed by atoms with Gasteiger partial charge in [-0.2, -0.15) is 0 Å². The molecule has 1 aliphatic carbocycles. The number of hydrogen-bond donors (Lipinski definition) is 0. The van der Waals surface area contributed by atoms with E-state index < -0.39 is 5.67 Å². The second kappa shape index (κ2) is 8.80. The van der Waals surface area contributed by atoms with Crippen LogP contribution in [0.1, 0.15) is 72.6 Å². The summed E-state index contributed by atoms with van der Waals surface area (Å²) in [6, 6.07) is 0. The first-order valence-electron chi connectivity index (χ1n) is 9.91. The number of halogens is 1. The fourth-order valence-electron chi connectivity index (χ4n) is 4.08. The molecule has 2 aliphatic rings. The minimum Gasteiger partial charge on any atom is -0.378 e. The van der Waals surface area contributed by atoms with Gasteiger partial charge < -0.3 is 9.64 Å². The van der Waals surface area contributed by atoms with Gasteiger partial charge in [0.05, 0.1) is 6.10 Å². The lowest BCUT2D eigenvalue weighted by Gasteiger charge is -2.40. The number of alkyl halides is 1. The van der Waals surface area contributed by atoms with Gasteiger partial charge in [0.1, 0.15) is 5.67 Å². The highest BCUT2D eigenvalue weighted by Gasteiger charge is 2.38. The van der Waals surface area contributed by atoms with Crippen molar-refractivity contribution in [2.45, 2.75) is 84.4 Å². The normalized spacial score (nSPS) is 31.2. The molecule has 0 atom stereocenters. The molecule has 2 nitrogen and oxygen atoms in total. The summed E-state index contributed by atoms with van der Waals surface area (Å²) in [4.78, 5) is 2.37. The zero-order valence-corrected chi connectivity index (χ0v) is 15.8. The van der Waals surface area contributed by atoms with Crippen LogP contribution in [0.3, 0.4) is 0 Å². The minimum atomic E-state index is -0.970. The van der Waals surface area contributed by atoms with Gasteiger partial charge in [-0.1, -0.05) is 27.7 Å². The second-order valence-corrected chi connectivity index (χ2v) is 8.76. The molecule has 0 aromatic rings. The van der Waals surface area contributed by atoms with Crippen molar-refractivity contribution in [2.75, 3.05) is 26.2 Å². The lowest BCUT2D eigenvalue weighted by Crippen LogP contribution is -2.46. The first kappa shape index (κ1) is 19.2. The Morgan fingerprint density at radius 2 is 1.65 bits per heavy atom. The molecule has 0 radical (unpaired) electrons. The Morgan fingerprint density at radius 3 is 2.17 bits per heavy atom. The van der Waals surface area contributed by atoms with Gasteiger partial charge in [-0.3, -0.25) is 0 Å². The average molecular weight is 328 g/mol. The summed E-state index contributed by atoms with van der Waals surface area (Å²) in [5.74, 6) is 2.30. The van der Waals surface area contributed by atoms with E-state index in [0.29, 0.717) is 31.4 Å². The van der Waals surface area contributed by atoms with E-state index >= 15 is 4.39 Å². The molecule has 2 fully saturated rings. The van der Waals surface area contributed by atoms with E-state index in [4.69, 9.17) is 4.74 Å². The quantitative estimate of drug-likeness (QED) is 0.647. The molecule has 136 valence electrons. The Balaban J connectivity index is 1.67. The molecule has 0 spiro atoms. The van der Waals surface area contributed by atoms with Gasteiger partial charge in [-0.05, 0) is 75.8 Å². The molecule has 3 heteroatoms. The van der Waals surface area contributed by atoms with E-state index in [9.17, 15) is 0 Å². The Labute approximate surface area is 143 Å². The van der Waals surface area contributed by atoms with Gasteiger partial charge >= 0.3 is 0 Å². The number of hydrogen-bond acceptors (Lipinski definition) is 2. The van der Waals surface area contributed by atoms with Crippen LogP contribution in [0.25, 0.3) is 0 Å². The maximum atomic E-state index is 15.1. The molecule has 1 aliphatic heterocycles. The number of nitrogens with zero attached hydrogens (tertiary/aromatic N) is 1. The highest BCUT2D eigenvalue weighted by molar-refractivity contribution is 4.90. The predicted octanol–water partition coefficient (Wildman–Crippen LogP) is 5.07. The van der Waals surface area contributed by atoms with E-state index in [-0.39, 0.29) is 0 Å². The Bertz CT molecular complexity index is 329. The van der Waals surface area contributed by atoms with Crippen LogP contribution in [0.15, 0.2) is 0 Å². The lowest BCUT2D eigenvalue weighted by molar-refractivity contribution is -0.0339. The van der Waals surface area contributed by atoms with Crippen LogP contribution < -0.4 is 0 Å². The average Bonchev–Trinajstić information content (AvgIpc) is 2.49. The van der Waals surface area contributed by atoms with Crippen molar-refractivity contribution in [2.24, 2.45) is 17.8 Å². The highest BCUT2D eigenvalue weighted by atomic mass is 19.1. The van der Waals surface area contributed by atoms with E-state index in [1.54, 1.807) is 0 Å². The van der Waals surface area contributed by atoms with Gasteiger partial charge in [0.25, 0.3) is 0 Å². The van der Waals surface area contributed by atoms with Crippen LogP contribution in [-0.2, 0) is 4.74 Å². The van der Waals surface area contributed by atoms with E-state index in [0.717, 1.165) is 50.8 Å². The SMILES string of the molecule is CC(C)CCOC1CCC(F)(CN2CCC(C(C)C)CC2)CC1. The third-order valence-electron chi connectivity index (χ3n) is 5.96. The van der Waals surface area contributed by atoms with Gasteiger partial charge in [-0.25, -0.2) is 4.39 Å². The summed E-state index contributed by atoms with van der Waals surface area (Å²) in [5.41, 5.74) is -0.970. The van der Waals surface area contributed by atoms with Crippen molar-refractivity contribution in [1.29, 1.82) is 0 Å². The molecular formula is C20H38FNO. The Morgan fingerprint density at radius 1 is 1.04 bits per heavy atom. The number of rotatable bonds is 7. The molecule has 0 aromatic carbocycles. The predicted molar refractivity (Wildman–Crippen MR) is 95.5 cm³/mol. The van der Waals surface area contributed by atoms with Gasteiger partial charge in [0, 0.05) is 13.2 Å². The van der Waals surface area contributed by atoms with Crippen molar-refractivity contribution in [3.63, 3.8) is 0 Å². The number of ether oxygens (including phenoxy) is 1. The fourth-order valence-corrected chi connectivity index (χ4v) is 4.08. The maximum Gasteiger partial charge on any atom is 0.123 e. The molecule has 1 heterocycles. The van der Waals surface area contributed by atoms with Crippen molar-refractivity contribution in [3.8, 4) is 0 Å². The van der Waals surface area contributed by atoms with E-state index in [1.807, 2.05) is 0 Å². The number of likely N-dealkylation sites (tertiary alicyclic amines) is 1. The first-order chi connectivity index (χ1) is 10.9. The molecule has 0 N–H and O–H groups in total. The molecule has 0 aromatic heterocycles. The zero-order valence-electron chi connectivity index (χ0n) is 15.8. The summed E-state index contributed by atoms with van der Waals surface area (Å²) >= 11 is 0. The van der Waals surface area contributed by atoms with Gasteiger partial charge in [0.15, 0.2) is 0 Å². The molecule has 2 rings (SSSR count). The van der Waals surface area contributed by atoms with Crippen molar-refractivity contribution >= 4 is 0 Å². The Hall–Kier alpha value is -0.150. The highest BCUT2D eigenvalue weighted by Crippen LogP contribution is 2.35. The third-order valence-corrected chi connectivity index (χ3v) is 5.96. The largest absolute Gasteiger partial charge is 0.378 e. The van der Waals surface area contributed by atoms with Crippen molar-refractivity contribution < 1.29 is 9.13 Å². The summed E-state index contributed by atoms with van der Waals surface area (Å²) in [6.45, 7) is 12.7. The second-order valence-electron chi connectivity index (χ2n) is 8.76. The van der Waals surface area contributed by atoms with Crippen LogP contribution in [0.2, 0.25) is 0 Å². The van der Waals surface area contributed by atoms with Crippen LogP contribution in [0.4, 0.5) is 4.39 Å². The molecular weight excluding hydrogens is 289 g/mol. The fraction of sp³-hybridized carbons (Fsp3) is 1.00. The molecule has 0 amide bonds. The van der Waals surface area contributed by atoms with Crippen LogP contribution in [-0.4, -0.2) is 42.9 Å². The van der Waals surface area contributed by atoms with Crippen LogP contribution in [0, 0.1) is 17.8 Å². The first-order valence-corrected chi connectivity index (χ1v) is 9.91. The summed E-state index contributed by atoms with van der Waals surface area (Å²) < 4.78 is 21.1. The summed E-state index contributed by atoms with van der Waals surface area (Å²) in [5, 5.41) is 0. The topological polar surface area (TPSA) is 12.5 Å². The van der Waals surface area contributed by atoms with Crippen molar-refractivity contribution in [3.05, 3.63) is 0 Å². The smallest absolute Gasteiger partial charge is 0.123 e. The maximum absolute atomic E-state index is 15.1. The van der Waals surface area contributed by atoms with Gasteiger partial charge in [-0.15, -0.1) is 0 Å². The monoisotopic (exact) mass is 327 g/mol. The Kier molecular flexibility index (Phi) is 7.34. The number of piperidine rings is 1. The lowest BCUT2D eigenvalue weighted by atomic mass is 9.82. The third kappa shape index (κ3) is 6.34. The van der Waals surface area contributed by atoms with Crippen molar-refractivity contribution in [1.82, 2.24) is 4.90 Å². The van der Waals surface area contributed by atoms with E-state index in [1.165, 1.54) is 12.8 Å². The molecule has 23 heavy (non-hydrogen) atoms. The summed E-state index contributed by atoms with van der Waals surface area (Å²) in [6.07, 6.45) is 7.07. The molecule has 1 saturated carbocycles. The minimum absolute atomic E-state index is 0.296. The standard InChI is InChI=1S/C20H38FNO/c1-16(2)9-14-23-19-5-10-20(21,11-6-19)15-22-12-7-18(8-13-22)17(3)4/h16-19H,5-15H2,1-4H3. The molecule has 0 unspecified atom stereocenters. The van der Waals surface area contributed by atoms with E-state index in [2.05, 4.69) is 32.6 Å². The van der Waals surface area contributed by atoms with Crippen LogP contribution in [0.5, 0.6) is 0 Å². The van der Waals surface area contributed by atoms with Crippen LogP contribution >= 0.6 is 0 Å². The zero-order chi connectivity index (χ0) is 16.9. The summed E-state index contributed by atoms with van der Waals surface area (Å²) in [7, 11) is 0. The van der Waals surface area contributed by atoms with Gasteiger partial charge in [0.2, 0.25) is 0 Å².